The van der Waals surface area contributed by atoms with Crippen LogP contribution >= 0.6 is 11.3 Å². The van der Waals surface area contributed by atoms with Gasteiger partial charge >= 0.3 is 18.2 Å². The van der Waals surface area contributed by atoms with Gasteiger partial charge in [-0.1, -0.05) is 48.5 Å². The third kappa shape index (κ3) is 7.72. The summed E-state index contributed by atoms with van der Waals surface area (Å²) in [6.07, 6.45) is 4.74. The van der Waals surface area contributed by atoms with Crippen LogP contribution in [0.4, 0.5) is 14.7 Å². The van der Waals surface area contributed by atoms with Crippen molar-refractivity contribution in [1.29, 1.82) is 0 Å². The largest absolute Gasteiger partial charge is 0.479 e. The Morgan fingerprint density at radius 1 is 1.13 bits per heavy atom. The van der Waals surface area contributed by atoms with E-state index < -0.39 is 59.3 Å². The molecule has 2 fully saturated rings. The maximum atomic E-state index is 14.0. The van der Waals surface area contributed by atoms with Gasteiger partial charge in [-0.3, -0.25) is 14.9 Å². The van der Waals surface area contributed by atoms with E-state index in [4.69, 9.17) is 9.47 Å². The summed E-state index contributed by atoms with van der Waals surface area (Å²) in [5, 5.41) is 18.3. The summed E-state index contributed by atoms with van der Waals surface area (Å²) in [4.78, 5) is 71.2. The van der Waals surface area contributed by atoms with Gasteiger partial charge in [0.05, 0.1) is 16.8 Å². The van der Waals surface area contributed by atoms with Gasteiger partial charge in [0.2, 0.25) is 11.8 Å². The summed E-state index contributed by atoms with van der Waals surface area (Å²) < 4.78 is 11.9. The Labute approximate surface area is 264 Å². The quantitative estimate of drug-likeness (QED) is 0.357. The molecule has 242 valence electrons. The zero-order valence-corrected chi connectivity index (χ0v) is 26.4. The number of allylic oxidation sites excluding steroid dienone is 1. The predicted molar refractivity (Wildman–Crippen MR) is 166 cm³/mol. The number of nitrogens with one attached hydrogen (secondary N) is 3. The molecule has 1 aliphatic carbocycles. The van der Waals surface area contributed by atoms with Gasteiger partial charge in [-0.05, 0) is 58.6 Å². The number of hydrogen-bond acceptors (Lipinski definition) is 9. The Hall–Kier alpha value is -4.20. The number of benzene rings is 1. The van der Waals surface area contributed by atoms with Crippen molar-refractivity contribution in [3.63, 3.8) is 0 Å². The van der Waals surface area contributed by atoms with Crippen molar-refractivity contribution in [3.8, 4) is 0 Å². The number of carboxylic acids is 1. The van der Waals surface area contributed by atoms with Crippen molar-refractivity contribution >= 4 is 56.7 Å². The van der Waals surface area contributed by atoms with Crippen LogP contribution in [0, 0.1) is 5.92 Å². The van der Waals surface area contributed by atoms with E-state index in [-0.39, 0.29) is 25.3 Å². The van der Waals surface area contributed by atoms with Gasteiger partial charge in [-0.2, -0.15) is 0 Å². The van der Waals surface area contributed by atoms with E-state index in [9.17, 15) is 29.1 Å². The second kappa shape index (κ2) is 13.0. The predicted octanol–water partition coefficient (Wildman–Crippen LogP) is 4.19. The standard InChI is InChI=1S/C31H39N5O8S/c1-30(2,3)44-29(42)33-21-13-8-6-4-5-7-11-18-16-31(18,26(39)40)35-24(37)22-15-19(17-36(22)25(21)38)43-28(41)34-27-32-20-12-9-10-14-23(20)45-27/h7,9-12,14,18-19,21-22H,4-6,8,13,15-17H2,1-3H3,(H,33,42)(H,35,37)(H,39,40)(H,32,34,41)/t18-,19-,21+,22+,31-/m1/s1. The number of thiazole rings is 1. The molecule has 2 aliphatic heterocycles. The molecule has 1 aromatic carbocycles. The van der Waals surface area contributed by atoms with Crippen LogP contribution in [0.15, 0.2) is 36.4 Å². The summed E-state index contributed by atoms with van der Waals surface area (Å²) in [7, 11) is 0. The molecule has 4 N–H and O–H groups in total. The molecule has 1 saturated carbocycles. The third-order valence-corrected chi connectivity index (χ3v) is 9.04. The molecule has 1 saturated heterocycles. The lowest BCUT2D eigenvalue weighted by Crippen LogP contribution is -2.56. The molecule has 2 aromatic rings. The first kappa shape index (κ1) is 32.2. The topological polar surface area (TPSA) is 176 Å². The molecule has 4 amide bonds. The van der Waals surface area contributed by atoms with Gasteiger partial charge in [-0.25, -0.2) is 19.4 Å². The van der Waals surface area contributed by atoms with Crippen LogP contribution in [0.5, 0.6) is 0 Å². The van der Waals surface area contributed by atoms with Gasteiger partial charge in [0.15, 0.2) is 5.13 Å². The van der Waals surface area contributed by atoms with E-state index in [2.05, 4.69) is 20.9 Å². The number of anilines is 1. The maximum Gasteiger partial charge on any atom is 0.413 e. The molecular formula is C31H39N5O8S. The number of alkyl carbamates (subject to hydrolysis) is 1. The fourth-order valence-corrected chi connectivity index (χ4v) is 6.64. The smallest absolute Gasteiger partial charge is 0.413 e. The number of ether oxygens (including phenoxy) is 2. The van der Waals surface area contributed by atoms with Gasteiger partial charge < -0.3 is 30.1 Å². The Morgan fingerprint density at radius 2 is 1.91 bits per heavy atom. The van der Waals surface area contributed by atoms with Gasteiger partial charge in [0.1, 0.15) is 29.3 Å². The van der Waals surface area contributed by atoms with Crippen molar-refractivity contribution in [2.45, 2.75) is 95.0 Å². The van der Waals surface area contributed by atoms with Crippen molar-refractivity contribution in [3.05, 3.63) is 36.4 Å². The third-order valence-electron chi connectivity index (χ3n) is 8.09. The number of fused-ring (bicyclic) bond motifs is 3. The van der Waals surface area contributed by atoms with Crippen LogP contribution in [0.2, 0.25) is 0 Å². The molecule has 0 radical (unpaired) electrons. The van der Waals surface area contributed by atoms with Crippen LogP contribution in [0.1, 0.15) is 65.7 Å². The molecule has 1 aromatic heterocycles. The first-order chi connectivity index (χ1) is 21.3. The Balaban J connectivity index is 1.36. The maximum absolute atomic E-state index is 14.0. The summed E-state index contributed by atoms with van der Waals surface area (Å²) in [5.74, 6) is -2.73. The van der Waals surface area contributed by atoms with Gasteiger partial charge in [-0.15, -0.1) is 0 Å². The number of aromatic nitrogens is 1. The molecule has 0 spiro atoms. The average Bonchev–Trinajstić information content (AvgIpc) is 3.27. The number of carbonyl (C=O) groups is 5. The number of rotatable bonds is 4. The van der Waals surface area contributed by atoms with Crippen molar-refractivity contribution in [2.75, 3.05) is 11.9 Å². The highest BCUT2D eigenvalue weighted by Crippen LogP contribution is 2.45. The van der Waals surface area contributed by atoms with Gasteiger partial charge in [0, 0.05) is 12.3 Å². The van der Waals surface area contributed by atoms with Gasteiger partial charge in [0.25, 0.3) is 0 Å². The molecule has 45 heavy (non-hydrogen) atoms. The van der Waals surface area contributed by atoms with E-state index in [0.717, 1.165) is 29.5 Å². The molecule has 14 heteroatoms. The first-order valence-corrected chi connectivity index (χ1v) is 16.0. The normalized spacial score (nSPS) is 27.3. The molecule has 13 nitrogen and oxygen atoms in total. The zero-order valence-electron chi connectivity index (χ0n) is 25.5. The van der Waals surface area contributed by atoms with Crippen molar-refractivity contribution < 1.29 is 38.6 Å². The van der Waals surface area contributed by atoms with E-state index in [1.54, 1.807) is 20.8 Å². The highest BCUT2D eigenvalue weighted by atomic mass is 32.1. The number of carboxylic acid groups (broad SMARTS) is 1. The molecule has 5 atom stereocenters. The fraction of sp³-hybridized carbons (Fsp3) is 0.548. The Bertz CT molecular complexity index is 1470. The highest BCUT2D eigenvalue weighted by Gasteiger charge is 2.61. The lowest BCUT2D eigenvalue weighted by Gasteiger charge is -2.30. The molecule has 3 aliphatic rings. The van der Waals surface area contributed by atoms with Crippen LogP contribution < -0.4 is 16.0 Å². The Kier molecular flexibility index (Phi) is 9.33. The Morgan fingerprint density at radius 3 is 2.64 bits per heavy atom. The zero-order chi connectivity index (χ0) is 32.4. The van der Waals surface area contributed by atoms with Crippen LogP contribution in [0.3, 0.4) is 0 Å². The minimum Gasteiger partial charge on any atom is -0.479 e. The van der Waals surface area contributed by atoms with E-state index in [0.29, 0.717) is 18.0 Å². The fourth-order valence-electron chi connectivity index (χ4n) is 5.79. The molecule has 5 rings (SSSR count). The van der Waals surface area contributed by atoms with E-state index in [1.165, 1.54) is 16.2 Å². The highest BCUT2D eigenvalue weighted by molar-refractivity contribution is 7.22. The molecular weight excluding hydrogens is 602 g/mol. The van der Waals surface area contributed by atoms with E-state index in [1.807, 2.05) is 36.4 Å². The summed E-state index contributed by atoms with van der Waals surface area (Å²) in [5.41, 5.74) is -1.55. The van der Waals surface area contributed by atoms with Crippen LogP contribution in [0.25, 0.3) is 10.2 Å². The van der Waals surface area contributed by atoms with Crippen LogP contribution in [-0.4, -0.2) is 80.8 Å². The van der Waals surface area contributed by atoms with Crippen LogP contribution in [-0.2, 0) is 23.9 Å². The number of nitrogens with zero attached hydrogens (tertiary/aromatic N) is 2. The minimum absolute atomic E-state index is 0.0554. The number of carbonyl (C=O) groups excluding carboxylic acids is 4. The summed E-state index contributed by atoms with van der Waals surface area (Å²) in [6, 6.07) is 5.26. The lowest BCUT2D eigenvalue weighted by molar-refractivity contribution is -0.145. The number of hydrogen-bond donors (Lipinski definition) is 4. The number of para-hydroxylation sites is 1. The lowest BCUT2D eigenvalue weighted by atomic mass is 10.0. The molecule has 0 unspecified atom stereocenters. The monoisotopic (exact) mass is 641 g/mol. The average molecular weight is 642 g/mol. The first-order valence-electron chi connectivity index (χ1n) is 15.2. The molecule has 0 bridgehead atoms. The summed E-state index contributed by atoms with van der Waals surface area (Å²) >= 11 is 1.28. The second-order valence-corrected chi connectivity index (χ2v) is 13.8. The number of amides is 4. The minimum atomic E-state index is -1.47. The second-order valence-electron chi connectivity index (χ2n) is 12.7. The molecule has 3 heterocycles. The van der Waals surface area contributed by atoms with Crippen molar-refractivity contribution in [1.82, 2.24) is 20.5 Å². The SMILES string of the molecule is CC(C)(C)OC(=O)N[C@H]1CCCCCC=C[C@@H]2C[C@@]2(C(=O)O)NC(=O)[C@@H]2C[C@@H](OC(=O)Nc3nc4ccccc4s3)CN2C1=O. The number of aliphatic carboxylic acids is 1. The van der Waals surface area contributed by atoms with Crippen molar-refractivity contribution in [2.24, 2.45) is 5.92 Å². The summed E-state index contributed by atoms with van der Waals surface area (Å²) in [6.45, 7) is 5.01. The van der Waals surface area contributed by atoms with E-state index >= 15 is 0 Å².